The lowest BCUT2D eigenvalue weighted by Gasteiger charge is -2.28. The van der Waals surface area contributed by atoms with Gasteiger partial charge >= 0.3 is 5.97 Å². The predicted octanol–water partition coefficient (Wildman–Crippen LogP) is 2.82. The van der Waals surface area contributed by atoms with Crippen LogP contribution in [0.2, 0.25) is 5.15 Å². The van der Waals surface area contributed by atoms with Crippen LogP contribution >= 0.6 is 46.9 Å². The number of aromatic nitrogens is 1. The number of thiocarbonyl (C=S) groups is 1. The lowest BCUT2D eigenvalue weighted by molar-refractivity contribution is -0.137. The topological polar surface area (TPSA) is 94.0 Å². The number of halogens is 1. The van der Waals surface area contributed by atoms with Crippen LogP contribution in [-0.2, 0) is 9.59 Å². The number of aliphatic carboxylic acids is 1. The molecule has 0 bridgehead atoms. The van der Waals surface area contributed by atoms with Crippen LogP contribution in [0.3, 0.4) is 0 Å². The number of carboxylic acids is 1. The van der Waals surface area contributed by atoms with Crippen molar-refractivity contribution >= 4 is 74.3 Å². The molecular weight excluding hydrogens is 430 g/mol. The van der Waals surface area contributed by atoms with Crippen LogP contribution in [0.1, 0.15) is 30.6 Å². The number of thiazole rings is 1. The summed E-state index contributed by atoms with van der Waals surface area (Å²) in [6.07, 6.45) is 3.16. The molecule has 3 heterocycles. The number of carbonyl (C=O) groups is 2. The van der Waals surface area contributed by atoms with Gasteiger partial charge in [0.1, 0.15) is 9.47 Å². The van der Waals surface area contributed by atoms with Gasteiger partial charge in [-0.2, -0.15) is 0 Å². The summed E-state index contributed by atoms with van der Waals surface area (Å²) in [5.41, 5.74) is 0. The predicted molar refractivity (Wildman–Crippen MR) is 111 cm³/mol. The SMILES string of the molecule is O=C(O)CCCN1C(=O)/C(=C\c2sc(N3CCC(O)CC3)nc2Cl)SC1=S. The first kappa shape index (κ1) is 20.5. The first-order valence-corrected chi connectivity index (χ1v) is 10.8. The summed E-state index contributed by atoms with van der Waals surface area (Å²) in [5, 5.41) is 19.5. The summed E-state index contributed by atoms with van der Waals surface area (Å²) >= 11 is 14.1. The Kier molecular flexibility index (Phi) is 6.74. The zero-order valence-electron chi connectivity index (χ0n) is 14.3. The second kappa shape index (κ2) is 8.87. The Bertz CT molecular complexity index is 790. The Morgan fingerprint density at radius 2 is 2.11 bits per heavy atom. The molecule has 2 aliphatic rings. The van der Waals surface area contributed by atoms with Gasteiger partial charge in [0.2, 0.25) is 0 Å². The van der Waals surface area contributed by atoms with Crippen molar-refractivity contribution in [3.05, 3.63) is 14.9 Å². The van der Waals surface area contributed by atoms with E-state index in [0.29, 0.717) is 38.5 Å². The molecule has 0 aromatic carbocycles. The number of hydrogen-bond acceptors (Lipinski definition) is 8. The normalized spacial score (nSPS) is 20.1. The number of piperidine rings is 1. The maximum Gasteiger partial charge on any atom is 0.303 e. The van der Waals surface area contributed by atoms with Crippen LogP contribution in [0, 0.1) is 0 Å². The van der Waals surface area contributed by atoms with Crippen LogP contribution in [-0.4, -0.2) is 62.0 Å². The minimum atomic E-state index is -0.898. The van der Waals surface area contributed by atoms with Crippen LogP contribution in [0.5, 0.6) is 0 Å². The first-order valence-electron chi connectivity index (χ1n) is 8.41. The molecule has 2 fully saturated rings. The average Bonchev–Trinajstić information content (AvgIpc) is 3.10. The van der Waals surface area contributed by atoms with Crippen LogP contribution < -0.4 is 4.90 Å². The van der Waals surface area contributed by atoms with Crippen molar-refractivity contribution in [3.63, 3.8) is 0 Å². The Morgan fingerprint density at radius 1 is 1.41 bits per heavy atom. The van der Waals surface area contributed by atoms with E-state index in [9.17, 15) is 14.7 Å². The van der Waals surface area contributed by atoms with Crippen LogP contribution in [0.4, 0.5) is 5.13 Å². The van der Waals surface area contributed by atoms with Gasteiger partial charge in [-0.15, -0.1) is 0 Å². The number of hydrogen-bond donors (Lipinski definition) is 2. The molecule has 0 atom stereocenters. The quantitative estimate of drug-likeness (QED) is 0.508. The third kappa shape index (κ3) is 5.00. The van der Waals surface area contributed by atoms with Crippen molar-refractivity contribution in [1.29, 1.82) is 0 Å². The molecule has 7 nitrogen and oxygen atoms in total. The van der Waals surface area contributed by atoms with E-state index in [1.807, 2.05) is 0 Å². The number of aliphatic hydroxyl groups is 1. The fraction of sp³-hybridized carbons (Fsp3) is 0.500. The highest BCUT2D eigenvalue weighted by atomic mass is 35.5. The molecule has 2 aliphatic heterocycles. The first-order chi connectivity index (χ1) is 12.8. The van der Waals surface area contributed by atoms with Crippen LogP contribution in [0.25, 0.3) is 6.08 Å². The van der Waals surface area contributed by atoms with Gasteiger partial charge in [0.05, 0.1) is 15.9 Å². The molecule has 2 N–H and O–H groups in total. The highest BCUT2D eigenvalue weighted by molar-refractivity contribution is 8.26. The average molecular weight is 448 g/mol. The van der Waals surface area contributed by atoms with Gasteiger partial charge in [-0.05, 0) is 25.3 Å². The molecule has 0 radical (unpaired) electrons. The largest absolute Gasteiger partial charge is 0.481 e. The fourth-order valence-electron chi connectivity index (χ4n) is 2.78. The highest BCUT2D eigenvalue weighted by Gasteiger charge is 2.32. The molecule has 0 aliphatic carbocycles. The van der Waals surface area contributed by atoms with Crippen LogP contribution in [0.15, 0.2) is 4.91 Å². The van der Waals surface area contributed by atoms with Crippen molar-refractivity contribution < 1.29 is 19.8 Å². The molecule has 3 rings (SSSR count). The Hall–Kier alpha value is -1.20. The molecule has 0 unspecified atom stereocenters. The Balaban J connectivity index is 1.70. The lowest BCUT2D eigenvalue weighted by Crippen LogP contribution is -2.35. The minimum absolute atomic E-state index is 0.00925. The third-order valence-corrected chi connectivity index (χ3v) is 7.08. The molecule has 27 heavy (non-hydrogen) atoms. The Morgan fingerprint density at radius 3 is 2.78 bits per heavy atom. The van der Waals surface area contributed by atoms with Gasteiger partial charge in [0.15, 0.2) is 5.13 Å². The maximum absolute atomic E-state index is 12.6. The van der Waals surface area contributed by atoms with Crippen molar-refractivity contribution in [2.75, 3.05) is 24.5 Å². The van der Waals surface area contributed by atoms with E-state index in [0.717, 1.165) is 18.2 Å². The molecule has 2 saturated heterocycles. The van der Waals surface area contributed by atoms with E-state index >= 15 is 0 Å². The van der Waals surface area contributed by atoms with E-state index in [1.165, 1.54) is 28.0 Å². The lowest BCUT2D eigenvalue weighted by atomic mass is 10.1. The maximum atomic E-state index is 12.6. The zero-order chi connectivity index (χ0) is 19.6. The monoisotopic (exact) mass is 447 g/mol. The molecule has 1 aromatic heterocycles. The van der Waals surface area contributed by atoms with E-state index in [1.54, 1.807) is 6.08 Å². The number of nitrogens with zero attached hydrogens (tertiary/aromatic N) is 3. The molecule has 146 valence electrons. The second-order valence-electron chi connectivity index (χ2n) is 6.20. The van der Waals surface area contributed by atoms with Gasteiger partial charge < -0.3 is 15.1 Å². The van der Waals surface area contributed by atoms with E-state index in [4.69, 9.17) is 28.9 Å². The Labute approximate surface area is 175 Å². The summed E-state index contributed by atoms with van der Waals surface area (Å²) in [7, 11) is 0. The number of thioether (sulfide) groups is 1. The molecular formula is C16H18ClN3O4S3. The van der Waals surface area contributed by atoms with Gasteiger partial charge in [-0.3, -0.25) is 14.5 Å². The summed E-state index contributed by atoms with van der Waals surface area (Å²) in [6, 6.07) is 0. The molecule has 11 heteroatoms. The van der Waals surface area contributed by atoms with E-state index in [2.05, 4.69) is 9.88 Å². The van der Waals surface area contributed by atoms with Gasteiger partial charge in [0.25, 0.3) is 5.91 Å². The minimum Gasteiger partial charge on any atom is -0.481 e. The summed E-state index contributed by atoms with van der Waals surface area (Å²) in [4.78, 5) is 32.2. The molecule has 0 spiro atoms. The summed E-state index contributed by atoms with van der Waals surface area (Å²) < 4.78 is 0.419. The number of carboxylic acid groups (broad SMARTS) is 1. The molecule has 0 saturated carbocycles. The van der Waals surface area contributed by atoms with Crippen molar-refractivity contribution in [3.8, 4) is 0 Å². The number of anilines is 1. The van der Waals surface area contributed by atoms with Gasteiger partial charge in [0, 0.05) is 26.1 Å². The van der Waals surface area contributed by atoms with Gasteiger partial charge in [-0.1, -0.05) is 46.9 Å². The smallest absolute Gasteiger partial charge is 0.303 e. The highest BCUT2D eigenvalue weighted by Crippen LogP contribution is 2.37. The number of carbonyl (C=O) groups excluding carboxylic acids is 1. The second-order valence-corrected chi connectivity index (χ2v) is 9.24. The van der Waals surface area contributed by atoms with E-state index in [-0.39, 0.29) is 25.0 Å². The van der Waals surface area contributed by atoms with Crippen molar-refractivity contribution in [2.24, 2.45) is 0 Å². The molecule has 1 amide bonds. The zero-order valence-corrected chi connectivity index (χ0v) is 17.5. The fourth-order valence-corrected chi connectivity index (χ4v) is 5.40. The van der Waals surface area contributed by atoms with Crippen molar-refractivity contribution in [2.45, 2.75) is 31.8 Å². The van der Waals surface area contributed by atoms with Gasteiger partial charge in [-0.25, -0.2) is 4.98 Å². The summed E-state index contributed by atoms with van der Waals surface area (Å²) in [5.74, 6) is -1.13. The number of amides is 1. The number of rotatable bonds is 6. The third-order valence-electron chi connectivity index (χ3n) is 4.24. The number of aliphatic hydroxyl groups excluding tert-OH is 1. The summed E-state index contributed by atoms with van der Waals surface area (Å²) in [6.45, 7) is 1.72. The standard InChI is InChI=1S/C16H18ClN3O4S3/c17-13-10(26-15(18-13)19-6-3-9(21)4-7-19)8-11-14(24)20(16(25)27-11)5-1-2-12(22)23/h8-9,21H,1-7H2,(H,22,23)/b11-8+. The van der Waals surface area contributed by atoms with E-state index < -0.39 is 5.97 Å². The molecule has 1 aromatic rings. The van der Waals surface area contributed by atoms with Crippen molar-refractivity contribution in [1.82, 2.24) is 9.88 Å².